The average molecular weight is 398 g/mol. The van der Waals surface area contributed by atoms with Crippen molar-refractivity contribution in [3.8, 4) is 0 Å². The molecule has 0 aliphatic carbocycles. The van der Waals surface area contributed by atoms with Gasteiger partial charge in [-0.25, -0.2) is 4.79 Å². The van der Waals surface area contributed by atoms with E-state index in [9.17, 15) is 19.2 Å². The number of thioether (sulfide) groups is 1. The van der Waals surface area contributed by atoms with Crippen molar-refractivity contribution in [2.75, 3.05) is 23.0 Å². The van der Waals surface area contributed by atoms with Crippen LogP contribution in [0.25, 0.3) is 0 Å². The highest BCUT2D eigenvalue weighted by Crippen LogP contribution is 2.31. The fourth-order valence-electron chi connectivity index (χ4n) is 2.55. The minimum Gasteiger partial charge on any atom is -0.452 e. The highest BCUT2D eigenvalue weighted by Gasteiger charge is 2.17. The number of fused-ring (bicyclic) bond motifs is 1. The Balaban J connectivity index is 1.57. The fraction of sp³-hybridized carbons (Fsp3) is 0.200. The lowest BCUT2D eigenvalue weighted by atomic mass is 10.1. The predicted molar refractivity (Wildman–Crippen MR) is 106 cm³/mol. The quantitative estimate of drug-likeness (QED) is 0.593. The molecule has 1 aliphatic heterocycles. The zero-order valence-electron chi connectivity index (χ0n) is 15.1. The molecule has 0 bridgehead atoms. The summed E-state index contributed by atoms with van der Waals surface area (Å²) in [5.41, 5.74) is 1.85. The Labute approximate surface area is 165 Å². The molecule has 2 N–H and O–H groups in total. The zero-order chi connectivity index (χ0) is 20.1. The molecule has 144 valence electrons. The van der Waals surface area contributed by atoms with Gasteiger partial charge in [0.15, 0.2) is 12.4 Å². The molecular weight excluding hydrogens is 380 g/mol. The number of carbonyl (C=O) groups is 4. The van der Waals surface area contributed by atoms with Gasteiger partial charge in [0, 0.05) is 28.3 Å². The molecule has 2 amide bonds. The highest BCUT2D eigenvalue weighted by atomic mass is 32.2. The van der Waals surface area contributed by atoms with Crippen LogP contribution >= 0.6 is 11.8 Å². The zero-order valence-corrected chi connectivity index (χ0v) is 15.9. The van der Waals surface area contributed by atoms with Crippen LogP contribution < -0.4 is 10.6 Å². The molecule has 2 aromatic rings. The van der Waals surface area contributed by atoms with Gasteiger partial charge in [-0.2, -0.15) is 0 Å². The molecule has 2 aromatic carbocycles. The van der Waals surface area contributed by atoms with Gasteiger partial charge in [-0.05, 0) is 49.4 Å². The van der Waals surface area contributed by atoms with Gasteiger partial charge < -0.3 is 15.4 Å². The second-order valence-electron chi connectivity index (χ2n) is 6.12. The number of Topliss-reactive ketones (excluding diaryl/α,β-unsaturated/α-hetero) is 1. The van der Waals surface area contributed by atoms with Crippen molar-refractivity contribution >= 4 is 46.7 Å². The van der Waals surface area contributed by atoms with Crippen LogP contribution in [0.1, 0.15) is 34.1 Å². The first-order valence-corrected chi connectivity index (χ1v) is 9.55. The molecule has 0 radical (unpaired) electrons. The van der Waals surface area contributed by atoms with Gasteiger partial charge in [0.2, 0.25) is 5.91 Å². The number of amides is 2. The van der Waals surface area contributed by atoms with E-state index in [1.165, 1.54) is 18.7 Å². The Kier molecular flexibility index (Phi) is 6.10. The van der Waals surface area contributed by atoms with Gasteiger partial charge in [-0.15, -0.1) is 11.8 Å². The van der Waals surface area contributed by atoms with E-state index in [2.05, 4.69) is 10.6 Å². The van der Waals surface area contributed by atoms with Crippen LogP contribution in [-0.4, -0.2) is 35.9 Å². The summed E-state index contributed by atoms with van der Waals surface area (Å²) >= 11 is 1.54. The number of hydrogen-bond acceptors (Lipinski definition) is 6. The number of carbonyl (C=O) groups excluding carboxylic acids is 4. The summed E-state index contributed by atoms with van der Waals surface area (Å²) < 4.78 is 5.05. The molecule has 28 heavy (non-hydrogen) atoms. The van der Waals surface area contributed by atoms with Crippen LogP contribution in [0.15, 0.2) is 47.4 Å². The lowest BCUT2D eigenvalue weighted by molar-refractivity contribution is -0.119. The molecule has 1 heterocycles. The summed E-state index contributed by atoms with van der Waals surface area (Å²) in [5, 5.41) is 5.35. The number of benzene rings is 2. The van der Waals surface area contributed by atoms with Crippen LogP contribution in [0, 0.1) is 0 Å². The second kappa shape index (κ2) is 8.71. The molecule has 0 spiro atoms. The Morgan fingerprint density at radius 3 is 2.54 bits per heavy atom. The number of anilines is 2. The van der Waals surface area contributed by atoms with Crippen molar-refractivity contribution in [3.63, 3.8) is 0 Å². The molecule has 1 aliphatic rings. The maximum Gasteiger partial charge on any atom is 0.338 e. The van der Waals surface area contributed by atoms with Crippen molar-refractivity contribution in [3.05, 3.63) is 53.6 Å². The molecular formula is C20H18N2O5S. The third-order valence-corrected chi connectivity index (χ3v) is 5.06. The first-order valence-electron chi connectivity index (χ1n) is 8.57. The Bertz CT molecular complexity index is 940. The van der Waals surface area contributed by atoms with E-state index >= 15 is 0 Å². The lowest BCUT2D eigenvalue weighted by Crippen LogP contribution is -2.21. The van der Waals surface area contributed by atoms with E-state index in [4.69, 9.17) is 4.74 Å². The predicted octanol–water partition coefficient (Wildman–Crippen LogP) is 3.12. The second-order valence-corrected chi connectivity index (χ2v) is 7.25. The standard InChI is InChI=1S/C20H18N2O5S/c1-12(23)13-2-5-15(6-3-13)21-19(25)11-27-20(26)14-4-7-17-16(10-14)22-18(24)8-9-28-17/h2-7,10H,8-9,11H2,1H3,(H,21,25)(H,22,24). The van der Waals surface area contributed by atoms with E-state index in [-0.39, 0.29) is 17.3 Å². The van der Waals surface area contributed by atoms with Crippen molar-refractivity contribution < 1.29 is 23.9 Å². The summed E-state index contributed by atoms with van der Waals surface area (Å²) in [5.74, 6) is -0.652. The lowest BCUT2D eigenvalue weighted by Gasteiger charge is -2.10. The number of ketones is 1. The Morgan fingerprint density at radius 2 is 1.82 bits per heavy atom. The molecule has 8 heteroatoms. The maximum atomic E-state index is 12.2. The molecule has 0 aromatic heterocycles. The summed E-state index contributed by atoms with van der Waals surface area (Å²) in [4.78, 5) is 48.0. The average Bonchev–Trinajstić information content (AvgIpc) is 2.86. The van der Waals surface area contributed by atoms with Crippen LogP contribution in [0.5, 0.6) is 0 Å². The van der Waals surface area contributed by atoms with Crippen molar-refractivity contribution in [1.82, 2.24) is 0 Å². The summed E-state index contributed by atoms with van der Waals surface area (Å²) in [6.07, 6.45) is 0.409. The van der Waals surface area contributed by atoms with Gasteiger partial charge in [-0.3, -0.25) is 14.4 Å². The van der Waals surface area contributed by atoms with Crippen LogP contribution in [0.2, 0.25) is 0 Å². The number of hydrogen-bond donors (Lipinski definition) is 2. The number of rotatable bonds is 5. The summed E-state index contributed by atoms with van der Waals surface area (Å²) in [7, 11) is 0. The topological polar surface area (TPSA) is 102 Å². The summed E-state index contributed by atoms with van der Waals surface area (Å²) in [6, 6.07) is 11.3. The number of nitrogens with one attached hydrogen (secondary N) is 2. The first-order chi connectivity index (χ1) is 13.4. The molecule has 0 saturated heterocycles. The van der Waals surface area contributed by atoms with Crippen LogP contribution in [0.3, 0.4) is 0 Å². The fourth-order valence-corrected chi connectivity index (χ4v) is 3.48. The van der Waals surface area contributed by atoms with E-state index in [1.54, 1.807) is 42.5 Å². The van der Waals surface area contributed by atoms with E-state index in [1.807, 2.05) is 0 Å². The SMILES string of the molecule is CC(=O)c1ccc(NC(=O)COC(=O)c2ccc3c(c2)NC(=O)CCS3)cc1. The van der Waals surface area contributed by atoms with Crippen LogP contribution in [0.4, 0.5) is 11.4 Å². The van der Waals surface area contributed by atoms with Gasteiger partial charge >= 0.3 is 5.97 Å². The van der Waals surface area contributed by atoms with E-state index in [0.29, 0.717) is 29.1 Å². The van der Waals surface area contributed by atoms with Gasteiger partial charge in [0.1, 0.15) is 0 Å². The Hall–Kier alpha value is -3.13. The number of ether oxygens (including phenoxy) is 1. The summed E-state index contributed by atoms with van der Waals surface area (Å²) in [6.45, 7) is 1.01. The largest absolute Gasteiger partial charge is 0.452 e. The monoisotopic (exact) mass is 398 g/mol. The van der Waals surface area contributed by atoms with Gasteiger partial charge in [-0.1, -0.05) is 0 Å². The molecule has 0 saturated carbocycles. The number of esters is 1. The van der Waals surface area contributed by atoms with Crippen molar-refractivity contribution in [2.45, 2.75) is 18.2 Å². The first kappa shape index (κ1) is 19.6. The van der Waals surface area contributed by atoms with Crippen molar-refractivity contribution in [2.24, 2.45) is 0 Å². The van der Waals surface area contributed by atoms with E-state index < -0.39 is 18.5 Å². The van der Waals surface area contributed by atoms with Gasteiger partial charge in [0.25, 0.3) is 5.91 Å². The molecule has 0 atom stereocenters. The normalized spacial score (nSPS) is 13.0. The smallest absolute Gasteiger partial charge is 0.338 e. The highest BCUT2D eigenvalue weighted by molar-refractivity contribution is 7.99. The minimum atomic E-state index is -0.659. The van der Waals surface area contributed by atoms with Crippen LogP contribution in [-0.2, 0) is 14.3 Å². The van der Waals surface area contributed by atoms with Gasteiger partial charge in [0.05, 0.1) is 11.3 Å². The van der Waals surface area contributed by atoms with Crippen molar-refractivity contribution in [1.29, 1.82) is 0 Å². The molecule has 3 rings (SSSR count). The maximum absolute atomic E-state index is 12.2. The molecule has 0 fully saturated rings. The molecule has 0 unspecified atom stereocenters. The third kappa shape index (κ3) is 4.98. The Morgan fingerprint density at radius 1 is 1.11 bits per heavy atom. The minimum absolute atomic E-state index is 0.0675. The molecule has 7 nitrogen and oxygen atoms in total. The third-order valence-electron chi connectivity index (χ3n) is 3.99. The van der Waals surface area contributed by atoms with E-state index in [0.717, 1.165) is 4.90 Å².